The molecule has 1 atom stereocenters. The van der Waals surface area contributed by atoms with Gasteiger partial charge in [-0.05, 0) is 31.0 Å². The van der Waals surface area contributed by atoms with Gasteiger partial charge in [0.15, 0.2) is 6.61 Å². The Kier molecular flexibility index (Phi) is 4.96. The predicted molar refractivity (Wildman–Crippen MR) is 105 cm³/mol. The number of likely N-dealkylation sites (N-methyl/N-ethyl adjacent to an activating group) is 1. The summed E-state index contributed by atoms with van der Waals surface area (Å²) in [4.78, 5) is 36.3. The van der Waals surface area contributed by atoms with E-state index in [1.54, 1.807) is 43.8 Å². The van der Waals surface area contributed by atoms with E-state index in [4.69, 9.17) is 4.74 Å². The van der Waals surface area contributed by atoms with Gasteiger partial charge in [0.25, 0.3) is 5.91 Å². The van der Waals surface area contributed by atoms with Crippen LogP contribution in [0.15, 0.2) is 36.8 Å². The zero-order chi connectivity index (χ0) is 19.5. The average Bonchev–Trinajstić information content (AvgIpc) is 2.72. The predicted octanol–water partition coefficient (Wildman–Crippen LogP) is 1.62. The monoisotopic (exact) mass is 382 g/mol. The molecule has 3 amide bonds. The lowest BCUT2D eigenvalue weighted by Crippen LogP contribution is -2.49. The van der Waals surface area contributed by atoms with Gasteiger partial charge in [-0.3, -0.25) is 9.78 Å². The summed E-state index contributed by atoms with van der Waals surface area (Å²) in [6.45, 7) is 1.60. The number of ether oxygens (including phenoxy) is 1. The van der Waals surface area contributed by atoms with Gasteiger partial charge >= 0.3 is 6.03 Å². The number of carbonyl (C=O) groups excluding carboxylic acids is 2. The van der Waals surface area contributed by atoms with Crippen molar-refractivity contribution in [3.63, 3.8) is 0 Å². The molecule has 4 rings (SSSR count). The van der Waals surface area contributed by atoms with Crippen LogP contribution in [0.3, 0.4) is 0 Å². The summed E-state index contributed by atoms with van der Waals surface area (Å²) in [7, 11) is 1.69. The third-order valence-corrected chi connectivity index (χ3v) is 4.93. The first-order valence-electron chi connectivity index (χ1n) is 9.22. The lowest BCUT2D eigenvalue weighted by Gasteiger charge is -2.33. The molecule has 2 aliphatic rings. The molecule has 146 valence electrons. The number of hydrogen-bond acceptors (Lipinski definition) is 6. The second-order valence-electron chi connectivity index (χ2n) is 6.87. The van der Waals surface area contributed by atoms with Crippen LogP contribution in [0.25, 0.3) is 0 Å². The highest BCUT2D eigenvalue weighted by Gasteiger charge is 2.24. The Morgan fingerprint density at radius 2 is 2.21 bits per heavy atom. The van der Waals surface area contributed by atoms with Crippen molar-refractivity contribution in [1.82, 2.24) is 15.3 Å². The zero-order valence-corrected chi connectivity index (χ0v) is 15.6. The quantitative estimate of drug-likeness (QED) is 0.837. The fourth-order valence-corrected chi connectivity index (χ4v) is 3.46. The molecule has 1 unspecified atom stereocenters. The largest absolute Gasteiger partial charge is 0.482 e. The third kappa shape index (κ3) is 3.83. The topological polar surface area (TPSA) is 99.7 Å². The van der Waals surface area contributed by atoms with Crippen molar-refractivity contribution in [3.05, 3.63) is 36.8 Å². The van der Waals surface area contributed by atoms with E-state index in [0.717, 1.165) is 25.2 Å². The summed E-state index contributed by atoms with van der Waals surface area (Å²) in [5.74, 6) is 1.32. The van der Waals surface area contributed by atoms with Crippen molar-refractivity contribution in [2.24, 2.45) is 0 Å². The average molecular weight is 382 g/mol. The molecular weight excluding hydrogens is 360 g/mol. The molecule has 3 heterocycles. The maximum absolute atomic E-state index is 12.5. The van der Waals surface area contributed by atoms with E-state index >= 15 is 0 Å². The van der Waals surface area contributed by atoms with Crippen LogP contribution in [-0.4, -0.2) is 54.7 Å². The highest BCUT2D eigenvalue weighted by atomic mass is 16.5. The summed E-state index contributed by atoms with van der Waals surface area (Å²) in [6.07, 6.45) is 6.91. The second-order valence-corrected chi connectivity index (χ2v) is 6.87. The Balaban J connectivity index is 1.37. The molecule has 1 aromatic carbocycles. The van der Waals surface area contributed by atoms with Crippen molar-refractivity contribution < 1.29 is 14.3 Å². The summed E-state index contributed by atoms with van der Waals surface area (Å²) < 4.78 is 5.41. The van der Waals surface area contributed by atoms with E-state index in [2.05, 4.69) is 25.5 Å². The van der Waals surface area contributed by atoms with Gasteiger partial charge in [0.2, 0.25) is 0 Å². The summed E-state index contributed by atoms with van der Waals surface area (Å²) in [6, 6.07) is 4.98. The van der Waals surface area contributed by atoms with E-state index in [1.807, 2.05) is 0 Å². The minimum Gasteiger partial charge on any atom is -0.482 e. The van der Waals surface area contributed by atoms with Gasteiger partial charge in [-0.1, -0.05) is 0 Å². The molecule has 0 spiro atoms. The van der Waals surface area contributed by atoms with Crippen LogP contribution in [0.4, 0.5) is 22.0 Å². The van der Waals surface area contributed by atoms with Crippen LogP contribution in [0, 0.1) is 0 Å². The van der Waals surface area contributed by atoms with Crippen LogP contribution in [0.1, 0.15) is 12.8 Å². The van der Waals surface area contributed by atoms with Crippen molar-refractivity contribution in [2.75, 3.05) is 41.9 Å². The molecule has 2 aliphatic heterocycles. The molecule has 1 saturated heterocycles. The van der Waals surface area contributed by atoms with Gasteiger partial charge in [0, 0.05) is 44.3 Å². The van der Waals surface area contributed by atoms with E-state index in [9.17, 15) is 9.59 Å². The van der Waals surface area contributed by atoms with Gasteiger partial charge in [-0.2, -0.15) is 0 Å². The molecule has 0 bridgehead atoms. The highest BCUT2D eigenvalue weighted by Crippen LogP contribution is 2.33. The lowest BCUT2D eigenvalue weighted by atomic mass is 10.1. The molecule has 1 aromatic heterocycles. The van der Waals surface area contributed by atoms with Crippen molar-refractivity contribution >= 4 is 29.1 Å². The van der Waals surface area contributed by atoms with E-state index < -0.39 is 0 Å². The normalized spacial score (nSPS) is 18.9. The third-order valence-electron chi connectivity index (χ3n) is 4.93. The number of carbonyl (C=O) groups is 2. The molecular formula is C19H22N6O3. The molecule has 0 saturated carbocycles. The second kappa shape index (κ2) is 7.71. The van der Waals surface area contributed by atoms with Crippen molar-refractivity contribution in [3.8, 4) is 5.75 Å². The lowest BCUT2D eigenvalue weighted by molar-refractivity contribution is -0.120. The Bertz CT molecular complexity index is 875. The molecule has 9 heteroatoms. The summed E-state index contributed by atoms with van der Waals surface area (Å²) in [5, 5.41) is 5.85. The number of amides is 3. The number of nitrogens with zero attached hydrogens (tertiary/aromatic N) is 4. The molecule has 2 aromatic rings. The maximum atomic E-state index is 12.5. The Morgan fingerprint density at radius 3 is 3.04 bits per heavy atom. The summed E-state index contributed by atoms with van der Waals surface area (Å²) >= 11 is 0. The number of hydrogen-bond donors (Lipinski definition) is 2. The molecule has 28 heavy (non-hydrogen) atoms. The first kappa shape index (κ1) is 18.0. The first-order valence-corrected chi connectivity index (χ1v) is 9.22. The Labute approximate surface area is 162 Å². The van der Waals surface area contributed by atoms with E-state index in [-0.39, 0.29) is 24.6 Å². The number of nitrogens with one attached hydrogen (secondary N) is 2. The SMILES string of the molecule is CN1C(=O)COc2ccc(NC(=O)NC3CCCN(c4cnccn4)C3)cc21. The number of fused-ring (bicyclic) bond motifs is 1. The molecule has 9 nitrogen and oxygen atoms in total. The Hall–Kier alpha value is -3.36. The van der Waals surface area contributed by atoms with Crippen LogP contribution in [-0.2, 0) is 4.79 Å². The van der Waals surface area contributed by atoms with Crippen molar-refractivity contribution in [2.45, 2.75) is 18.9 Å². The zero-order valence-electron chi connectivity index (χ0n) is 15.6. The van der Waals surface area contributed by atoms with Crippen LogP contribution in [0.5, 0.6) is 5.75 Å². The van der Waals surface area contributed by atoms with Crippen molar-refractivity contribution in [1.29, 1.82) is 0 Å². The number of benzene rings is 1. The highest BCUT2D eigenvalue weighted by molar-refractivity contribution is 5.99. The molecule has 1 fully saturated rings. The number of anilines is 3. The van der Waals surface area contributed by atoms with Gasteiger partial charge in [-0.15, -0.1) is 0 Å². The summed E-state index contributed by atoms with van der Waals surface area (Å²) in [5.41, 5.74) is 1.24. The minimum absolute atomic E-state index is 0.0148. The van der Waals surface area contributed by atoms with Gasteiger partial charge in [-0.25, -0.2) is 9.78 Å². The van der Waals surface area contributed by atoms with E-state index in [0.29, 0.717) is 23.7 Å². The molecule has 0 radical (unpaired) electrons. The molecule has 2 N–H and O–H groups in total. The standard InChI is InChI=1S/C19H22N6O3/c1-24-15-9-13(4-5-16(15)28-12-18(24)26)22-19(27)23-14-3-2-8-25(11-14)17-10-20-6-7-21-17/h4-7,9-10,14H,2-3,8,11-12H2,1H3,(H2,22,23,27). The fraction of sp³-hybridized carbons (Fsp3) is 0.368. The number of rotatable bonds is 3. The van der Waals surface area contributed by atoms with Gasteiger partial charge in [0.1, 0.15) is 11.6 Å². The van der Waals surface area contributed by atoms with Gasteiger partial charge < -0.3 is 25.2 Å². The van der Waals surface area contributed by atoms with Crippen LogP contribution in [0.2, 0.25) is 0 Å². The number of urea groups is 1. The van der Waals surface area contributed by atoms with Crippen LogP contribution < -0.4 is 25.2 Å². The fourth-order valence-electron chi connectivity index (χ4n) is 3.46. The van der Waals surface area contributed by atoms with E-state index in [1.165, 1.54) is 4.90 Å². The van der Waals surface area contributed by atoms with Crippen LogP contribution >= 0.6 is 0 Å². The molecule has 0 aliphatic carbocycles. The van der Waals surface area contributed by atoms with Gasteiger partial charge in [0.05, 0.1) is 11.9 Å². The Morgan fingerprint density at radius 1 is 1.32 bits per heavy atom. The number of piperidine rings is 1. The maximum Gasteiger partial charge on any atom is 0.319 e. The first-order chi connectivity index (χ1) is 13.6. The minimum atomic E-state index is -0.281. The number of aromatic nitrogens is 2. The smallest absolute Gasteiger partial charge is 0.319 e.